The van der Waals surface area contributed by atoms with Gasteiger partial charge in [-0.05, 0) is 25.2 Å². The number of rotatable bonds is 5. The number of carbonyl (C=O) groups is 2. The average Bonchev–Trinajstić information content (AvgIpc) is 2.32. The zero-order chi connectivity index (χ0) is 13.7. The lowest BCUT2D eigenvalue weighted by Gasteiger charge is -2.34. The van der Waals surface area contributed by atoms with Gasteiger partial charge in [0, 0.05) is 6.04 Å². The van der Waals surface area contributed by atoms with Crippen LogP contribution in [0.15, 0.2) is 0 Å². The monoisotopic (exact) mass is 256 g/mol. The largest absolute Gasteiger partial charge is 0.480 e. The fourth-order valence-electron chi connectivity index (χ4n) is 2.38. The zero-order valence-electron chi connectivity index (χ0n) is 11.4. The predicted octanol–water partition coefficient (Wildman–Crippen LogP) is 0.990. The fraction of sp³-hybridized carbons (Fsp3) is 0.846. The normalized spacial score (nSPS) is 29.6. The van der Waals surface area contributed by atoms with Crippen molar-refractivity contribution in [3.05, 3.63) is 0 Å². The van der Waals surface area contributed by atoms with Crippen LogP contribution >= 0.6 is 0 Å². The molecule has 1 rings (SSSR count). The Labute approximate surface area is 108 Å². The van der Waals surface area contributed by atoms with Crippen LogP contribution in [0.1, 0.15) is 40.0 Å². The van der Waals surface area contributed by atoms with Gasteiger partial charge in [-0.3, -0.25) is 14.9 Å². The van der Waals surface area contributed by atoms with Crippen LogP contribution in [0.3, 0.4) is 0 Å². The van der Waals surface area contributed by atoms with Gasteiger partial charge in [0.15, 0.2) is 0 Å². The summed E-state index contributed by atoms with van der Waals surface area (Å²) < 4.78 is 0. The maximum atomic E-state index is 11.7. The molecule has 0 aromatic heterocycles. The number of carboxylic acid groups (broad SMARTS) is 1. The first-order valence-electron chi connectivity index (χ1n) is 6.67. The minimum Gasteiger partial charge on any atom is -0.480 e. The lowest BCUT2D eigenvalue weighted by atomic mass is 9.78. The van der Waals surface area contributed by atoms with E-state index in [2.05, 4.69) is 24.5 Å². The molecule has 0 spiro atoms. The van der Waals surface area contributed by atoms with E-state index in [0.717, 1.165) is 12.8 Å². The Hall–Kier alpha value is -1.10. The van der Waals surface area contributed by atoms with Crippen LogP contribution in [0.5, 0.6) is 0 Å². The van der Waals surface area contributed by atoms with Crippen LogP contribution in [-0.2, 0) is 9.59 Å². The second-order valence-electron chi connectivity index (χ2n) is 5.38. The molecule has 0 aromatic rings. The molecule has 1 aliphatic rings. The molecule has 5 nitrogen and oxygen atoms in total. The van der Waals surface area contributed by atoms with Crippen molar-refractivity contribution in [3.63, 3.8) is 0 Å². The molecule has 1 aliphatic carbocycles. The summed E-state index contributed by atoms with van der Waals surface area (Å²) in [6.07, 6.45) is 3.39. The summed E-state index contributed by atoms with van der Waals surface area (Å²) in [6.45, 7) is 5.97. The van der Waals surface area contributed by atoms with Crippen molar-refractivity contribution in [2.75, 3.05) is 6.54 Å². The minimum atomic E-state index is -0.942. The summed E-state index contributed by atoms with van der Waals surface area (Å²) in [6, 6.07) is -0.471. The molecule has 1 amide bonds. The van der Waals surface area contributed by atoms with E-state index in [1.54, 1.807) is 0 Å². The molecule has 5 heteroatoms. The van der Waals surface area contributed by atoms with E-state index >= 15 is 0 Å². The quantitative estimate of drug-likeness (QED) is 0.685. The molecular formula is C13H24N2O3. The van der Waals surface area contributed by atoms with Gasteiger partial charge >= 0.3 is 5.97 Å². The van der Waals surface area contributed by atoms with Gasteiger partial charge < -0.3 is 10.4 Å². The number of carboxylic acids is 1. The third-order valence-electron chi connectivity index (χ3n) is 3.99. The van der Waals surface area contributed by atoms with Gasteiger partial charge in [0.25, 0.3) is 0 Å². The van der Waals surface area contributed by atoms with Crippen LogP contribution in [0.2, 0.25) is 0 Å². The van der Waals surface area contributed by atoms with Crippen molar-refractivity contribution in [1.29, 1.82) is 0 Å². The van der Waals surface area contributed by atoms with Gasteiger partial charge in [-0.2, -0.15) is 0 Å². The molecule has 4 atom stereocenters. The second kappa shape index (κ2) is 6.73. The summed E-state index contributed by atoms with van der Waals surface area (Å²) in [5.41, 5.74) is 0. The molecule has 104 valence electrons. The Morgan fingerprint density at radius 2 is 2.00 bits per heavy atom. The van der Waals surface area contributed by atoms with E-state index < -0.39 is 12.0 Å². The highest BCUT2D eigenvalue weighted by molar-refractivity contribution is 5.80. The number of hydrogen-bond donors (Lipinski definition) is 3. The zero-order valence-corrected chi connectivity index (χ0v) is 11.4. The van der Waals surface area contributed by atoms with E-state index in [0.29, 0.717) is 11.8 Å². The number of hydrogen-bond acceptors (Lipinski definition) is 3. The summed E-state index contributed by atoms with van der Waals surface area (Å²) >= 11 is 0. The minimum absolute atomic E-state index is 0.0606. The highest BCUT2D eigenvalue weighted by atomic mass is 16.4. The lowest BCUT2D eigenvalue weighted by molar-refractivity contribution is -0.139. The van der Waals surface area contributed by atoms with Crippen LogP contribution in [-0.4, -0.2) is 35.6 Å². The van der Waals surface area contributed by atoms with Crippen molar-refractivity contribution in [2.45, 2.75) is 52.1 Å². The highest BCUT2D eigenvalue weighted by Gasteiger charge is 2.28. The van der Waals surface area contributed by atoms with E-state index in [1.165, 1.54) is 13.3 Å². The topological polar surface area (TPSA) is 78.4 Å². The van der Waals surface area contributed by atoms with Crippen LogP contribution in [0, 0.1) is 11.8 Å². The Morgan fingerprint density at radius 1 is 1.33 bits per heavy atom. The van der Waals surface area contributed by atoms with Gasteiger partial charge in [0.05, 0.1) is 6.54 Å². The van der Waals surface area contributed by atoms with Crippen molar-refractivity contribution >= 4 is 11.9 Å². The second-order valence-corrected chi connectivity index (χ2v) is 5.38. The van der Waals surface area contributed by atoms with E-state index in [1.807, 2.05) is 0 Å². The SMILES string of the molecule is CC(NCC(=O)NC1CCCC(C)C1C)C(=O)O. The summed E-state index contributed by atoms with van der Waals surface area (Å²) in [7, 11) is 0. The average molecular weight is 256 g/mol. The molecule has 1 saturated carbocycles. The van der Waals surface area contributed by atoms with Gasteiger partial charge in [0.2, 0.25) is 5.91 Å². The van der Waals surface area contributed by atoms with Crippen molar-refractivity contribution < 1.29 is 14.7 Å². The smallest absolute Gasteiger partial charge is 0.320 e. The van der Waals surface area contributed by atoms with Crippen LogP contribution in [0.25, 0.3) is 0 Å². The first-order chi connectivity index (χ1) is 8.41. The summed E-state index contributed by atoms with van der Waals surface area (Å²) in [5.74, 6) is 0.0612. The number of aliphatic carboxylic acids is 1. The fourth-order valence-corrected chi connectivity index (χ4v) is 2.38. The van der Waals surface area contributed by atoms with E-state index in [4.69, 9.17) is 5.11 Å². The molecule has 0 bridgehead atoms. The Morgan fingerprint density at radius 3 is 2.61 bits per heavy atom. The van der Waals surface area contributed by atoms with Crippen molar-refractivity contribution in [3.8, 4) is 0 Å². The van der Waals surface area contributed by atoms with Crippen LogP contribution in [0.4, 0.5) is 0 Å². The molecule has 0 aromatic carbocycles. The number of carbonyl (C=O) groups excluding carboxylic acids is 1. The third-order valence-corrected chi connectivity index (χ3v) is 3.99. The Bertz CT molecular complexity index is 307. The maximum Gasteiger partial charge on any atom is 0.320 e. The van der Waals surface area contributed by atoms with E-state index in [9.17, 15) is 9.59 Å². The first-order valence-corrected chi connectivity index (χ1v) is 6.67. The van der Waals surface area contributed by atoms with Gasteiger partial charge in [0.1, 0.15) is 6.04 Å². The van der Waals surface area contributed by atoms with Crippen molar-refractivity contribution in [1.82, 2.24) is 10.6 Å². The molecule has 0 radical (unpaired) electrons. The molecule has 0 aliphatic heterocycles. The molecular weight excluding hydrogens is 232 g/mol. The summed E-state index contributed by atoms with van der Waals surface area (Å²) in [4.78, 5) is 22.3. The maximum absolute atomic E-state index is 11.7. The van der Waals surface area contributed by atoms with Gasteiger partial charge in [-0.1, -0.05) is 26.7 Å². The molecule has 0 saturated heterocycles. The Kier molecular flexibility index (Phi) is 5.59. The Balaban J connectivity index is 2.33. The molecule has 3 N–H and O–H groups in total. The van der Waals surface area contributed by atoms with Crippen LogP contribution < -0.4 is 10.6 Å². The standard InChI is InChI=1S/C13H24N2O3/c1-8-5-4-6-11(9(8)2)15-12(16)7-14-10(3)13(17)18/h8-11,14H,4-7H2,1-3H3,(H,15,16)(H,17,18). The summed E-state index contributed by atoms with van der Waals surface area (Å²) in [5, 5.41) is 14.4. The van der Waals surface area contributed by atoms with Gasteiger partial charge in [-0.25, -0.2) is 0 Å². The van der Waals surface area contributed by atoms with Gasteiger partial charge in [-0.15, -0.1) is 0 Å². The van der Waals surface area contributed by atoms with E-state index in [-0.39, 0.29) is 18.5 Å². The number of nitrogens with one attached hydrogen (secondary N) is 2. The third kappa shape index (κ3) is 4.29. The molecule has 1 fully saturated rings. The highest BCUT2D eigenvalue weighted by Crippen LogP contribution is 2.29. The number of amides is 1. The van der Waals surface area contributed by atoms with Crippen molar-refractivity contribution in [2.24, 2.45) is 11.8 Å². The molecule has 4 unspecified atom stereocenters. The molecule has 18 heavy (non-hydrogen) atoms. The lowest BCUT2D eigenvalue weighted by Crippen LogP contribution is -2.48. The predicted molar refractivity (Wildman–Crippen MR) is 69.2 cm³/mol. The molecule has 0 heterocycles. The first kappa shape index (κ1) is 15.0.